The maximum absolute atomic E-state index is 10.4. The fourth-order valence-electron chi connectivity index (χ4n) is 4.72. The standard InChI is InChI=1S/C23H20N6O2/c1-30-18-7-6-16(10-19(18)31-2)20-22(13-26,14-27)23(20,15-28)21(17(11-24)12-25)29-8-4-3-5-9-29/h6-7,10,20H,3-5,8-9H2,1-2H3. The van der Waals surface area contributed by atoms with Crippen molar-refractivity contribution in [3.63, 3.8) is 0 Å². The third-order valence-electron chi connectivity index (χ3n) is 6.18. The van der Waals surface area contributed by atoms with E-state index in [0.717, 1.165) is 19.3 Å². The largest absolute Gasteiger partial charge is 0.493 e. The van der Waals surface area contributed by atoms with Crippen LogP contribution in [0.5, 0.6) is 11.5 Å². The first-order valence-corrected chi connectivity index (χ1v) is 9.80. The summed E-state index contributed by atoms with van der Waals surface area (Å²) in [6.07, 6.45) is 2.67. The number of nitriles is 5. The molecule has 8 nitrogen and oxygen atoms in total. The zero-order valence-corrected chi connectivity index (χ0v) is 17.3. The first kappa shape index (κ1) is 21.5. The van der Waals surface area contributed by atoms with Gasteiger partial charge in [-0.1, -0.05) is 6.07 Å². The second kappa shape index (κ2) is 8.28. The van der Waals surface area contributed by atoms with Crippen molar-refractivity contribution in [2.75, 3.05) is 27.3 Å². The Labute approximate surface area is 181 Å². The minimum absolute atomic E-state index is 0.183. The highest BCUT2D eigenvalue weighted by Gasteiger charge is 2.83. The summed E-state index contributed by atoms with van der Waals surface area (Å²) in [5.74, 6) is 0.0109. The number of likely N-dealkylation sites (tertiary alicyclic amines) is 1. The van der Waals surface area contributed by atoms with Crippen molar-refractivity contribution in [2.45, 2.75) is 25.2 Å². The molecule has 8 heteroatoms. The number of benzene rings is 1. The van der Waals surface area contributed by atoms with Crippen molar-refractivity contribution in [3.05, 3.63) is 35.0 Å². The van der Waals surface area contributed by atoms with Gasteiger partial charge in [-0.3, -0.25) is 0 Å². The molecule has 0 radical (unpaired) electrons. The van der Waals surface area contributed by atoms with Crippen molar-refractivity contribution >= 4 is 0 Å². The molecule has 2 fully saturated rings. The number of ether oxygens (including phenoxy) is 2. The molecule has 2 unspecified atom stereocenters. The van der Waals surface area contributed by atoms with Crippen LogP contribution in [-0.2, 0) is 0 Å². The van der Waals surface area contributed by atoms with Crippen LogP contribution >= 0.6 is 0 Å². The van der Waals surface area contributed by atoms with Gasteiger partial charge in [-0.25, -0.2) is 0 Å². The Morgan fingerprint density at radius 3 is 2.00 bits per heavy atom. The molecular formula is C23H20N6O2. The Balaban J connectivity index is 2.29. The monoisotopic (exact) mass is 412 g/mol. The molecule has 154 valence electrons. The number of methoxy groups -OCH3 is 2. The van der Waals surface area contributed by atoms with Crippen LogP contribution in [0, 0.1) is 67.5 Å². The highest BCUT2D eigenvalue weighted by molar-refractivity contribution is 5.64. The SMILES string of the molecule is COc1ccc(C2C(C#N)(C#N)C2(C#N)C(=C(C#N)C#N)N2CCCCC2)cc1OC. The van der Waals surface area contributed by atoms with Crippen LogP contribution in [-0.4, -0.2) is 32.2 Å². The third kappa shape index (κ3) is 2.92. The Bertz CT molecular complexity index is 1100. The number of rotatable bonds is 5. The summed E-state index contributed by atoms with van der Waals surface area (Å²) in [7, 11) is 2.96. The van der Waals surface area contributed by atoms with E-state index >= 15 is 0 Å². The van der Waals surface area contributed by atoms with E-state index < -0.39 is 16.7 Å². The van der Waals surface area contributed by atoms with Gasteiger partial charge in [0.05, 0.1) is 38.1 Å². The summed E-state index contributed by atoms with van der Waals surface area (Å²) < 4.78 is 10.6. The lowest BCUT2D eigenvalue weighted by Gasteiger charge is -2.34. The highest BCUT2D eigenvalue weighted by Crippen LogP contribution is 2.77. The van der Waals surface area contributed by atoms with E-state index in [4.69, 9.17) is 9.47 Å². The van der Waals surface area contributed by atoms with E-state index in [-0.39, 0.29) is 11.3 Å². The Morgan fingerprint density at radius 2 is 1.52 bits per heavy atom. The number of allylic oxidation sites excluding steroid dienone is 2. The Hall–Kier alpha value is -4.19. The molecular weight excluding hydrogens is 392 g/mol. The molecule has 0 N–H and O–H groups in total. The third-order valence-corrected chi connectivity index (χ3v) is 6.18. The lowest BCUT2D eigenvalue weighted by Crippen LogP contribution is -2.35. The Kier molecular flexibility index (Phi) is 5.75. The minimum atomic E-state index is -1.74. The molecule has 1 aromatic carbocycles. The molecule has 1 heterocycles. The molecule has 31 heavy (non-hydrogen) atoms. The van der Waals surface area contributed by atoms with Gasteiger partial charge in [-0.15, -0.1) is 0 Å². The normalized spacial score (nSPS) is 23.0. The van der Waals surface area contributed by atoms with Crippen LogP contribution in [0.3, 0.4) is 0 Å². The van der Waals surface area contributed by atoms with E-state index in [2.05, 4.69) is 6.07 Å². The summed E-state index contributed by atoms with van der Waals surface area (Å²) in [5.41, 5.74) is -2.91. The van der Waals surface area contributed by atoms with E-state index in [0.29, 0.717) is 30.2 Å². The molecule has 1 aliphatic heterocycles. The zero-order valence-electron chi connectivity index (χ0n) is 17.3. The maximum atomic E-state index is 10.4. The van der Waals surface area contributed by atoms with Gasteiger partial charge in [0.2, 0.25) is 0 Å². The zero-order chi connectivity index (χ0) is 22.6. The highest BCUT2D eigenvalue weighted by atomic mass is 16.5. The fourth-order valence-corrected chi connectivity index (χ4v) is 4.72. The molecule has 0 aromatic heterocycles. The quantitative estimate of drug-likeness (QED) is 0.672. The molecule has 2 atom stereocenters. The minimum Gasteiger partial charge on any atom is -0.493 e. The summed E-state index contributed by atoms with van der Waals surface area (Å²) in [6.45, 7) is 1.11. The number of hydrogen-bond acceptors (Lipinski definition) is 8. The van der Waals surface area contributed by atoms with Crippen LogP contribution in [0.1, 0.15) is 30.7 Å². The number of nitrogens with zero attached hydrogens (tertiary/aromatic N) is 6. The van der Waals surface area contributed by atoms with E-state index in [1.165, 1.54) is 14.2 Å². The smallest absolute Gasteiger partial charge is 0.177 e. The summed E-state index contributed by atoms with van der Waals surface area (Å²) in [5, 5.41) is 49.8. The molecule has 0 spiro atoms. The van der Waals surface area contributed by atoms with Crippen molar-refractivity contribution < 1.29 is 9.47 Å². The molecule has 0 amide bonds. The summed E-state index contributed by atoms with van der Waals surface area (Å²) in [4.78, 5) is 1.83. The first-order chi connectivity index (χ1) is 15.0. The predicted molar refractivity (Wildman–Crippen MR) is 108 cm³/mol. The fraction of sp³-hybridized carbons (Fsp3) is 0.435. The van der Waals surface area contributed by atoms with E-state index in [1.54, 1.807) is 18.2 Å². The van der Waals surface area contributed by atoms with Crippen molar-refractivity contribution in [1.82, 2.24) is 4.90 Å². The van der Waals surface area contributed by atoms with Crippen LogP contribution in [0.25, 0.3) is 0 Å². The molecule has 1 saturated heterocycles. The lowest BCUT2D eigenvalue weighted by molar-refractivity contribution is 0.254. The van der Waals surface area contributed by atoms with Gasteiger partial charge in [-0.05, 0) is 37.0 Å². The van der Waals surface area contributed by atoms with E-state index in [1.807, 2.05) is 29.2 Å². The van der Waals surface area contributed by atoms with Crippen LogP contribution in [0.4, 0.5) is 0 Å². The van der Waals surface area contributed by atoms with Crippen LogP contribution in [0.15, 0.2) is 29.5 Å². The van der Waals surface area contributed by atoms with Gasteiger partial charge in [0.1, 0.15) is 17.6 Å². The molecule has 0 bridgehead atoms. The molecule has 1 saturated carbocycles. The lowest BCUT2D eigenvalue weighted by atomic mass is 9.87. The number of hydrogen-bond donors (Lipinski definition) is 0. The van der Waals surface area contributed by atoms with Gasteiger partial charge >= 0.3 is 0 Å². The van der Waals surface area contributed by atoms with Gasteiger partial charge in [0.25, 0.3) is 0 Å². The van der Waals surface area contributed by atoms with Crippen molar-refractivity contribution in [2.24, 2.45) is 10.8 Å². The van der Waals surface area contributed by atoms with Crippen molar-refractivity contribution in [1.29, 1.82) is 26.3 Å². The van der Waals surface area contributed by atoms with Crippen molar-refractivity contribution in [3.8, 4) is 41.8 Å². The van der Waals surface area contributed by atoms with Gasteiger partial charge in [0.15, 0.2) is 22.5 Å². The summed E-state index contributed by atoms with van der Waals surface area (Å²) >= 11 is 0. The topological polar surface area (TPSA) is 141 Å². The summed E-state index contributed by atoms with van der Waals surface area (Å²) in [6, 6.07) is 15.0. The van der Waals surface area contributed by atoms with Gasteiger partial charge in [0, 0.05) is 19.0 Å². The predicted octanol–water partition coefficient (Wildman–Crippen LogP) is 3.13. The number of piperidine rings is 1. The van der Waals surface area contributed by atoms with Crippen LogP contribution < -0.4 is 9.47 Å². The maximum Gasteiger partial charge on any atom is 0.177 e. The van der Waals surface area contributed by atoms with Gasteiger partial charge in [-0.2, -0.15) is 26.3 Å². The second-order valence-corrected chi connectivity index (χ2v) is 7.49. The first-order valence-electron chi connectivity index (χ1n) is 9.80. The average Bonchev–Trinajstić information content (AvgIpc) is 3.44. The molecule has 1 aliphatic carbocycles. The second-order valence-electron chi connectivity index (χ2n) is 7.49. The van der Waals surface area contributed by atoms with E-state index in [9.17, 15) is 26.3 Å². The molecule has 2 aliphatic rings. The van der Waals surface area contributed by atoms with Gasteiger partial charge < -0.3 is 14.4 Å². The Morgan fingerprint density at radius 1 is 0.903 bits per heavy atom. The van der Waals surface area contributed by atoms with Crippen LogP contribution in [0.2, 0.25) is 0 Å². The average molecular weight is 412 g/mol. The molecule has 3 rings (SSSR count). The molecule has 1 aromatic rings.